The Bertz CT molecular complexity index is 763. The molecule has 2 heterocycles. The molecule has 0 spiro atoms. The van der Waals surface area contributed by atoms with Gasteiger partial charge in [0.05, 0.1) is 0 Å². The van der Waals surface area contributed by atoms with Crippen LogP contribution in [0.5, 0.6) is 0 Å². The number of hydrogen-bond donors (Lipinski definition) is 3. The van der Waals surface area contributed by atoms with E-state index in [1.165, 1.54) is 12.8 Å². The number of rotatable bonds is 3. The van der Waals surface area contributed by atoms with Crippen LogP contribution in [-0.4, -0.2) is 40.7 Å². The maximum Gasteiger partial charge on any atom is 0.255 e. The molecule has 1 aliphatic carbocycles. The third-order valence-corrected chi connectivity index (χ3v) is 5.70. The zero-order chi connectivity index (χ0) is 18.3. The van der Waals surface area contributed by atoms with Crippen LogP contribution < -0.4 is 16.4 Å². The number of anilines is 1. The fourth-order valence-electron chi connectivity index (χ4n) is 4.22. The molecule has 3 amide bonds. The Hall–Kier alpha value is -2.41. The largest absolute Gasteiger partial charge is 0.381 e. The molecule has 7 heteroatoms. The highest BCUT2D eigenvalue weighted by Gasteiger charge is 2.39. The number of nitrogens with zero attached hydrogens (tertiary/aromatic N) is 1. The van der Waals surface area contributed by atoms with E-state index in [4.69, 9.17) is 5.73 Å². The summed E-state index contributed by atoms with van der Waals surface area (Å²) in [7, 11) is 0. The van der Waals surface area contributed by atoms with Crippen LogP contribution in [0.1, 0.15) is 54.4 Å². The Balaban J connectivity index is 1.49. The van der Waals surface area contributed by atoms with Crippen LogP contribution >= 0.6 is 0 Å². The number of amides is 3. The normalized spacial score (nSPS) is 28.7. The first-order chi connectivity index (χ1) is 12.5. The standard InChI is InChI=1S/C19H24N4O3/c20-14-3-1-2-4-15(14)21-12-5-6-13-11(9-12)10-23(19(13)26)16-7-8-17(24)22-18(16)25/h5-6,9,14-16,21H,1-4,7-8,10,20H2,(H,22,24,25)/t14-,15+,16?/m0/s1. The summed E-state index contributed by atoms with van der Waals surface area (Å²) in [6, 6.07) is 5.55. The van der Waals surface area contributed by atoms with Gasteiger partial charge in [-0.25, -0.2) is 0 Å². The van der Waals surface area contributed by atoms with Crippen LogP contribution in [0.25, 0.3) is 0 Å². The molecule has 138 valence electrons. The molecule has 1 saturated carbocycles. The maximum absolute atomic E-state index is 12.7. The number of hydrogen-bond acceptors (Lipinski definition) is 5. The van der Waals surface area contributed by atoms with Gasteiger partial charge in [-0.1, -0.05) is 12.8 Å². The molecule has 0 bridgehead atoms. The Kier molecular flexibility index (Phi) is 4.40. The van der Waals surface area contributed by atoms with Gasteiger partial charge < -0.3 is 16.0 Å². The average Bonchev–Trinajstić information content (AvgIpc) is 2.93. The van der Waals surface area contributed by atoms with E-state index in [1.807, 2.05) is 18.2 Å². The minimum Gasteiger partial charge on any atom is -0.381 e. The molecule has 26 heavy (non-hydrogen) atoms. The molecule has 1 aromatic rings. The monoisotopic (exact) mass is 356 g/mol. The Labute approximate surface area is 152 Å². The number of fused-ring (bicyclic) bond motifs is 1. The topological polar surface area (TPSA) is 105 Å². The van der Waals surface area contributed by atoms with Crippen LogP contribution in [-0.2, 0) is 16.1 Å². The van der Waals surface area contributed by atoms with Gasteiger partial charge in [0.2, 0.25) is 11.8 Å². The third-order valence-electron chi connectivity index (χ3n) is 5.70. The lowest BCUT2D eigenvalue weighted by molar-refractivity contribution is -0.136. The van der Waals surface area contributed by atoms with Gasteiger partial charge in [0, 0.05) is 36.3 Å². The van der Waals surface area contributed by atoms with Gasteiger partial charge in [-0.15, -0.1) is 0 Å². The number of nitrogens with two attached hydrogens (primary N) is 1. The van der Waals surface area contributed by atoms with Gasteiger partial charge in [-0.05, 0) is 43.0 Å². The zero-order valence-electron chi connectivity index (χ0n) is 14.7. The van der Waals surface area contributed by atoms with Crippen molar-refractivity contribution in [2.75, 3.05) is 5.32 Å². The van der Waals surface area contributed by atoms with Crippen LogP contribution in [0, 0.1) is 0 Å². The maximum atomic E-state index is 12.7. The lowest BCUT2D eigenvalue weighted by atomic mass is 9.91. The summed E-state index contributed by atoms with van der Waals surface area (Å²) in [6.45, 7) is 0.396. The Morgan fingerprint density at radius 3 is 2.69 bits per heavy atom. The number of nitrogens with one attached hydrogen (secondary N) is 2. The molecule has 3 atom stereocenters. The van der Waals surface area contributed by atoms with E-state index in [1.54, 1.807) is 4.90 Å². The summed E-state index contributed by atoms with van der Waals surface area (Å²) in [5.74, 6) is -0.796. The highest BCUT2D eigenvalue weighted by atomic mass is 16.2. The van der Waals surface area contributed by atoms with E-state index in [9.17, 15) is 14.4 Å². The van der Waals surface area contributed by atoms with Crippen molar-refractivity contribution in [1.29, 1.82) is 0 Å². The van der Waals surface area contributed by atoms with E-state index >= 15 is 0 Å². The molecule has 1 unspecified atom stereocenters. The fraction of sp³-hybridized carbons (Fsp3) is 0.526. The van der Waals surface area contributed by atoms with Crippen molar-refractivity contribution in [2.24, 2.45) is 5.73 Å². The van der Waals surface area contributed by atoms with Gasteiger partial charge in [-0.3, -0.25) is 19.7 Å². The number of benzene rings is 1. The summed E-state index contributed by atoms with van der Waals surface area (Å²) >= 11 is 0. The summed E-state index contributed by atoms with van der Waals surface area (Å²) in [5, 5.41) is 5.83. The molecular weight excluding hydrogens is 332 g/mol. The lowest BCUT2D eigenvalue weighted by Crippen LogP contribution is -2.52. The molecule has 1 saturated heterocycles. The highest BCUT2D eigenvalue weighted by Crippen LogP contribution is 2.30. The van der Waals surface area contributed by atoms with E-state index in [2.05, 4.69) is 10.6 Å². The number of piperidine rings is 1. The molecule has 0 aromatic heterocycles. The predicted octanol–water partition coefficient (Wildman–Crippen LogP) is 1.13. The molecule has 4 rings (SSSR count). The van der Waals surface area contributed by atoms with Gasteiger partial charge in [0.25, 0.3) is 5.91 Å². The van der Waals surface area contributed by atoms with Crippen LogP contribution in [0.4, 0.5) is 5.69 Å². The fourth-order valence-corrected chi connectivity index (χ4v) is 4.22. The van der Waals surface area contributed by atoms with Crippen LogP contribution in [0.2, 0.25) is 0 Å². The van der Waals surface area contributed by atoms with Crippen LogP contribution in [0.3, 0.4) is 0 Å². The second kappa shape index (κ2) is 6.72. The number of carbonyl (C=O) groups is 3. The van der Waals surface area contributed by atoms with Gasteiger partial charge >= 0.3 is 0 Å². The first-order valence-corrected chi connectivity index (χ1v) is 9.32. The molecule has 0 radical (unpaired) electrons. The number of carbonyl (C=O) groups excluding carboxylic acids is 3. The molecule has 1 aromatic carbocycles. The first kappa shape index (κ1) is 17.0. The average molecular weight is 356 g/mol. The summed E-state index contributed by atoms with van der Waals surface area (Å²) in [4.78, 5) is 37.7. The smallest absolute Gasteiger partial charge is 0.255 e. The Morgan fingerprint density at radius 1 is 1.12 bits per heavy atom. The molecule has 3 aliphatic rings. The Morgan fingerprint density at radius 2 is 1.92 bits per heavy atom. The van der Waals surface area contributed by atoms with Gasteiger partial charge in [-0.2, -0.15) is 0 Å². The number of imide groups is 1. The van der Waals surface area contributed by atoms with Crippen molar-refractivity contribution >= 4 is 23.4 Å². The van der Waals surface area contributed by atoms with Crippen molar-refractivity contribution in [3.63, 3.8) is 0 Å². The van der Waals surface area contributed by atoms with E-state index in [0.717, 1.165) is 24.1 Å². The molecule has 4 N–H and O–H groups in total. The summed E-state index contributed by atoms with van der Waals surface area (Å²) in [6.07, 6.45) is 5.09. The minimum atomic E-state index is -0.573. The quantitative estimate of drug-likeness (QED) is 0.704. The van der Waals surface area contributed by atoms with Gasteiger partial charge in [0.15, 0.2) is 0 Å². The summed E-state index contributed by atoms with van der Waals surface area (Å²) in [5.41, 5.74) is 8.72. The van der Waals surface area contributed by atoms with Crippen molar-refractivity contribution < 1.29 is 14.4 Å². The molecular formula is C19H24N4O3. The van der Waals surface area contributed by atoms with E-state index in [0.29, 0.717) is 18.5 Å². The van der Waals surface area contributed by atoms with Crippen LogP contribution in [0.15, 0.2) is 18.2 Å². The SMILES string of the molecule is N[C@H]1CCCC[C@H]1Nc1ccc2c(c1)CN(C1CCC(=O)NC1=O)C2=O. The third kappa shape index (κ3) is 3.07. The van der Waals surface area contributed by atoms with E-state index < -0.39 is 6.04 Å². The minimum absolute atomic E-state index is 0.143. The predicted molar refractivity (Wildman–Crippen MR) is 96.3 cm³/mol. The van der Waals surface area contributed by atoms with Crippen molar-refractivity contribution in [2.45, 2.75) is 63.2 Å². The zero-order valence-corrected chi connectivity index (χ0v) is 14.7. The molecule has 2 aliphatic heterocycles. The molecule has 2 fully saturated rings. The second-order valence-corrected chi connectivity index (χ2v) is 7.47. The van der Waals surface area contributed by atoms with Crippen molar-refractivity contribution in [1.82, 2.24) is 10.2 Å². The van der Waals surface area contributed by atoms with Gasteiger partial charge in [0.1, 0.15) is 6.04 Å². The summed E-state index contributed by atoms with van der Waals surface area (Å²) < 4.78 is 0. The van der Waals surface area contributed by atoms with Crippen molar-refractivity contribution in [3.05, 3.63) is 29.3 Å². The van der Waals surface area contributed by atoms with Crippen molar-refractivity contribution in [3.8, 4) is 0 Å². The highest BCUT2D eigenvalue weighted by molar-refractivity contribution is 6.05. The molecule has 7 nitrogen and oxygen atoms in total. The van der Waals surface area contributed by atoms with E-state index in [-0.39, 0.29) is 36.2 Å². The first-order valence-electron chi connectivity index (χ1n) is 9.32. The lowest BCUT2D eigenvalue weighted by Gasteiger charge is -2.30. The second-order valence-electron chi connectivity index (χ2n) is 7.47.